The smallest absolute Gasteiger partial charge is 0.254 e. The van der Waals surface area contributed by atoms with Crippen molar-refractivity contribution in [3.63, 3.8) is 0 Å². The summed E-state index contributed by atoms with van der Waals surface area (Å²) >= 11 is 5.82. The lowest BCUT2D eigenvalue weighted by molar-refractivity contribution is -0.116. The Hall–Kier alpha value is -2.33. The van der Waals surface area contributed by atoms with Gasteiger partial charge in [-0.2, -0.15) is 0 Å². The van der Waals surface area contributed by atoms with Crippen molar-refractivity contribution in [2.75, 3.05) is 18.9 Å². The standard InChI is InChI=1S/C19H21ClN2O2/c1-12-9-13(2)18(14(3)10-12)21-17(23)11-22(4)19(24)15-5-7-16(20)8-6-15/h5-10H,11H2,1-4H3,(H,21,23). The van der Waals surface area contributed by atoms with Crippen molar-refractivity contribution in [1.82, 2.24) is 4.90 Å². The summed E-state index contributed by atoms with van der Waals surface area (Å²) in [5, 5.41) is 3.47. The van der Waals surface area contributed by atoms with E-state index in [1.165, 1.54) is 4.90 Å². The predicted octanol–water partition coefficient (Wildman–Crippen LogP) is 3.98. The van der Waals surface area contributed by atoms with Crippen LogP contribution in [0, 0.1) is 20.8 Å². The first kappa shape index (κ1) is 18.0. The van der Waals surface area contributed by atoms with E-state index in [-0.39, 0.29) is 18.4 Å². The normalized spacial score (nSPS) is 10.4. The van der Waals surface area contributed by atoms with Gasteiger partial charge in [-0.15, -0.1) is 0 Å². The quantitative estimate of drug-likeness (QED) is 0.912. The molecule has 0 aliphatic carbocycles. The molecule has 2 rings (SSSR count). The highest BCUT2D eigenvalue weighted by atomic mass is 35.5. The van der Waals surface area contributed by atoms with E-state index in [2.05, 4.69) is 5.32 Å². The molecule has 5 heteroatoms. The van der Waals surface area contributed by atoms with Crippen molar-refractivity contribution in [3.8, 4) is 0 Å². The first-order chi connectivity index (χ1) is 11.3. The first-order valence-electron chi connectivity index (χ1n) is 7.66. The number of carbonyl (C=O) groups excluding carboxylic acids is 2. The Kier molecular flexibility index (Phi) is 5.62. The summed E-state index contributed by atoms with van der Waals surface area (Å²) in [5.41, 5.74) is 4.47. The van der Waals surface area contributed by atoms with Crippen LogP contribution in [0.4, 0.5) is 5.69 Å². The zero-order valence-electron chi connectivity index (χ0n) is 14.3. The van der Waals surface area contributed by atoms with Gasteiger partial charge in [-0.1, -0.05) is 29.3 Å². The molecule has 24 heavy (non-hydrogen) atoms. The highest BCUT2D eigenvalue weighted by Gasteiger charge is 2.16. The predicted molar refractivity (Wildman–Crippen MR) is 97.7 cm³/mol. The van der Waals surface area contributed by atoms with E-state index in [9.17, 15) is 9.59 Å². The van der Waals surface area contributed by atoms with Crippen LogP contribution in [-0.4, -0.2) is 30.3 Å². The molecule has 0 heterocycles. The molecule has 2 amide bonds. The van der Waals surface area contributed by atoms with E-state index in [1.807, 2.05) is 32.9 Å². The molecular weight excluding hydrogens is 324 g/mol. The van der Waals surface area contributed by atoms with Crippen molar-refractivity contribution in [2.24, 2.45) is 0 Å². The number of hydrogen-bond acceptors (Lipinski definition) is 2. The third-order valence-electron chi connectivity index (χ3n) is 3.76. The van der Waals surface area contributed by atoms with Gasteiger partial charge in [0.15, 0.2) is 0 Å². The van der Waals surface area contributed by atoms with Crippen LogP contribution in [0.1, 0.15) is 27.0 Å². The number of likely N-dealkylation sites (N-methyl/N-ethyl adjacent to an activating group) is 1. The number of halogens is 1. The van der Waals surface area contributed by atoms with Gasteiger partial charge in [0, 0.05) is 23.3 Å². The molecule has 0 atom stereocenters. The highest BCUT2D eigenvalue weighted by Crippen LogP contribution is 2.21. The fourth-order valence-corrected chi connectivity index (χ4v) is 2.78. The topological polar surface area (TPSA) is 49.4 Å². The molecule has 0 saturated carbocycles. The minimum atomic E-state index is -0.227. The molecule has 0 bridgehead atoms. The molecular formula is C19H21ClN2O2. The molecule has 0 unspecified atom stereocenters. The fourth-order valence-electron chi connectivity index (χ4n) is 2.66. The van der Waals surface area contributed by atoms with E-state index in [4.69, 9.17) is 11.6 Å². The molecule has 0 radical (unpaired) electrons. The SMILES string of the molecule is Cc1cc(C)c(NC(=O)CN(C)C(=O)c2ccc(Cl)cc2)c(C)c1. The Labute approximate surface area is 147 Å². The van der Waals surface area contributed by atoms with E-state index in [0.29, 0.717) is 10.6 Å². The largest absolute Gasteiger partial charge is 0.332 e. The molecule has 0 aliphatic heterocycles. The number of aryl methyl sites for hydroxylation is 3. The summed E-state index contributed by atoms with van der Waals surface area (Å²) in [6.07, 6.45) is 0. The Bertz CT molecular complexity index is 746. The molecule has 1 N–H and O–H groups in total. The van der Waals surface area contributed by atoms with E-state index in [1.54, 1.807) is 31.3 Å². The van der Waals surface area contributed by atoms with Gasteiger partial charge < -0.3 is 10.2 Å². The van der Waals surface area contributed by atoms with Gasteiger partial charge in [-0.25, -0.2) is 0 Å². The number of carbonyl (C=O) groups is 2. The molecule has 0 saturated heterocycles. The van der Waals surface area contributed by atoms with Crippen molar-refractivity contribution >= 4 is 29.1 Å². The minimum absolute atomic E-state index is 0.0196. The van der Waals surface area contributed by atoms with Gasteiger partial charge in [0.2, 0.25) is 5.91 Å². The van der Waals surface area contributed by atoms with E-state index in [0.717, 1.165) is 22.4 Å². The van der Waals surface area contributed by atoms with Crippen LogP contribution >= 0.6 is 11.6 Å². The molecule has 0 fully saturated rings. The molecule has 4 nitrogen and oxygen atoms in total. The van der Waals surface area contributed by atoms with Gasteiger partial charge >= 0.3 is 0 Å². The van der Waals surface area contributed by atoms with Crippen LogP contribution in [0.5, 0.6) is 0 Å². The summed E-state index contributed by atoms with van der Waals surface area (Å²) in [5.74, 6) is -0.450. The molecule has 2 aromatic rings. The van der Waals surface area contributed by atoms with Crippen LogP contribution in [0.3, 0.4) is 0 Å². The number of amides is 2. The Morgan fingerprint density at radius 3 is 2.12 bits per heavy atom. The Morgan fingerprint density at radius 2 is 1.58 bits per heavy atom. The lowest BCUT2D eigenvalue weighted by Crippen LogP contribution is -2.35. The Balaban J connectivity index is 2.04. The van der Waals surface area contributed by atoms with E-state index >= 15 is 0 Å². The summed E-state index contributed by atoms with van der Waals surface area (Å²) < 4.78 is 0. The number of nitrogens with zero attached hydrogens (tertiary/aromatic N) is 1. The zero-order valence-corrected chi connectivity index (χ0v) is 15.1. The number of benzene rings is 2. The van der Waals surface area contributed by atoms with Gasteiger partial charge in [-0.3, -0.25) is 9.59 Å². The average molecular weight is 345 g/mol. The number of anilines is 1. The maximum Gasteiger partial charge on any atom is 0.254 e. The number of rotatable bonds is 4. The van der Waals surface area contributed by atoms with E-state index < -0.39 is 0 Å². The lowest BCUT2D eigenvalue weighted by atomic mass is 10.1. The van der Waals surface area contributed by atoms with Crippen LogP contribution in [0.15, 0.2) is 36.4 Å². The maximum atomic E-state index is 12.3. The average Bonchev–Trinajstić information content (AvgIpc) is 2.50. The second kappa shape index (κ2) is 7.49. The molecule has 2 aromatic carbocycles. The van der Waals surface area contributed by atoms with Crippen LogP contribution in [0.25, 0.3) is 0 Å². The highest BCUT2D eigenvalue weighted by molar-refractivity contribution is 6.30. The number of nitrogens with one attached hydrogen (secondary N) is 1. The second-order valence-electron chi connectivity index (χ2n) is 5.99. The van der Waals surface area contributed by atoms with Crippen molar-refractivity contribution in [3.05, 3.63) is 63.7 Å². The molecule has 0 aliphatic rings. The molecule has 126 valence electrons. The third kappa shape index (κ3) is 4.36. The van der Waals surface area contributed by atoms with Crippen LogP contribution in [0.2, 0.25) is 5.02 Å². The third-order valence-corrected chi connectivity index (χ3v) is 4.01. The van der Waals surface area contributed by atoms with Gasteiger partial charge in [0.1, 0.15) is 0 Å². The van der Waals surface area contributed by atoms with Crippen molar-refractivity contribution < 1.29 is 9.59 Å². The fraction of sp³-hybridized carbons (Fsp3) is 0.263. The van der Waals surface area contributed by atoms with Gasteiger partial charge in [0.25, 0.3) is 5.91 Å². The van der Waals surface area contributed by atoms with Gasteiger partial charge in [-0.05, 0) is 56.2 Å². The van der Waals surface area contributed by atoms with Gasteiger partial charge in [0.05, 0.1) is 6.54 Å². The maximum absolute atomic E-state index is 12.3. The second-order valence-corrected chi connectivity index (χ2v) is 6.43. The monoisotopic (exact) mass is 344 g/mol. The van der Waals surface area contributed by atoms with Crippen molar-refractivity contribution in [1.29, 1.82) is 0 Å². The lowest BCUT2D eigenvalue weighted by Gasteiger charge is -2.18. The summed E-state index contributed by atoms with van der Waals surface area (Å²) in [6, 6.07) is 10.6. The Morgan fingerprint density at radius 1 is 1.04 bits per heavy atom. The first-order valence-corrected chi connectivity index (χ1v) is 8.04. The van der Waals surface area contributed by atoms with Crippen molar-refractivity contribution in [2.45, 2.75) is 20.8 Å². The zero-order chi connectivity index (χ0) is 17.9. The van der Waals surface area contributed by atoms with Crippen LogP contribution < -0.4 is 5.32 Å². The summed E-state index contributed by atoms with van der Waals surface area (Å²) in [4.78, 5) is 26.0. The minimum Gasteiger partial charge on any atom is -0.332 e. The number of hydrogen-bond donors (Lipinski definition) is 1. The molecule has 0 aromatic heterocycles. The summed E-state index contributed by atoms with van der Waals surface area (Å²) in [7, 11) is 1.60. The summed E-state index contributed by atoms with van der Waals surface area (Å²) in [6.45, 7) is 5.91. The molecule has 0 spiro atoms. The van der Waals surface area contributed by atoms with Crippen LogP contribution in [-0.2, 0) is 4.79 Å².